The molecule has 0 spiro atoms. The van der Waals surface area contributed by atoms with Crippen molar-refractivity contribution in [3.05, 3.63) is 52.4 Å². The molecule has 0 saturated carbocycles. The van der Waals surface area contributed by atoms with Crippen LogP contribution in [0.2, 0.25) is 5.02 Å². The Labute approximate surface area is 182 Å². The van der Waals surface area contributed by atoms with E-state index in [-0.39, 0.29) is 18.8 Å². The van der Waals surface area contributed by atoms with Gasteiger partial charge < -0.3 is 23.8 Å². The molecule has 30 heavy (non-hydrogen) atoms. The van der Waals surface area contributed by atoms with E-state index in [0.717, 1.165) is 21.4 Å². The standard InChI is InChI=1S/C22H20ClNO5S/c23-15-1-4-21-18(8-15)14(12-30-21)7-22(25)24-5-6-26-17(10-24)11-27-16-2-3-19-20(9-16)29-13-28-19/h1-4,8-9,12,17H,5-7,10-11,13H2. The molecule has 1 unspecified atom stereocenters. The first-order valence-corrected chi connectivity index (χ1v) is 11.0. The molecule has 0 radical (unpaired) electrons. The number of hydrogen-bond acceptors (Lipinski definition) is 6. The van der Waals surface area contributed by atoms with Crippen molar-refractivity contribution >= 4 is 38.9 Å². The quantitative estimate of drug-likeness (QED) is 0.591. The predicted octanol–water partition coefficient (Wildman–Crippen LogP) is 4.13. The van der Waals surface area contributed by atoms with Gasteiger partial charge in [-0.2, -0.15) is 0 Å². The number of carbonyl (C=O) groups excluding carboxylic acids is 1. The molecule has 3 heterocycles. The Morgan fingerprint density at radius 1 is 1.20 bits per heavy atom. The fourth-order valence-electron chi connectivity index (χ4n) is 3.67. The van der Waals surface area contributed by atoms with Crippen molar-refractivity contribution in [3.63, 3.8) is 0 Å². The summed E-state index contributed by atoms with van der Waals surface area (Å²) in [5.41, 5.74) is 1.02. The maximum absolute atomic E-state index is 12.9. The van der Waals surface area contributed by atoms with Gasteiger partial charge in [0.1, 0.15) is 18.5 Å². The number of thiophene rings is 1. The van der Waals surface area contributed by atoms with Gasteiger partial charge in [-0.05, 0) is 46.7 Å². The van der Waals surface area contributed by atoms with E-state index < -0.39 is 0 Å². The summed E-state index contributed by atoms with van der Waals surface area (Å²) < 4.78 is 23.5. The minimum atomic E-state index is -0.179. The first-order valence-electron chi connectivity index (χ1n) is 9.73. The summed E-state index contributed by atoms with van der Waals surface area (Å²) in [6, 6.07) is 11.3. The largest absolute Gasteiger partial charge is 0.491 e. The zero-order valence-corrected chi connectivity index (χ0v) is 17.7. The number of hydrogen-bond donors (Lipinski definition) is 0. The van der Waals surface area contributed by atoms with Crippen LogP contribution in [0.5, 0.6) is 17.2 Å². The number of fused-ring (bicyclic) bond motifs is 2. The van der Waals surface area contributed by atoms with Crippen LogP contribution >= 0.6 is 22.9 Å². The molecule has 8 heteroatoms. The number of nitrogens with zero attached hydrogens (tertiary/aromatic N) is 1. The molecule has 5 rings (SSSR count). The van der Waals surface area contributed by atoms with Crippen LogP contribution in [0.4, 0.5) is 0 Å². The lowest BCUT2D eigenvalue weighted by atomic mass is 10.1. The molecule has 0 aliphatic carbocycles. The fourth-order valence-corrected chi connectivity index (χ4v) is 4.78. The van der Waals surface area contributed by atoms with Gasteiger partial charge in [-0.25, -0.2) is 0 Å². The molecule has 6 nitrogen and oxygen atoms in total. The number of ether oxygens (including phenoxy) is 4. The van der Waals surface area contributed by atoms with Crippen LogP contribution < -0.4 is 14.2 Å². The summed E-state index contributed by atoms with van der Waals surface area (Å²) in [6.45, 7) is 2.18. The highest BCUT2D eigenvalue weighted by atomic mass is 35.5. The topological polar surface area (TPSA) is 57.2 Å². The Hall–Kier alpha value is -2.48. The van der Waals surface area contributed by atoms with Crippen molar-refractivity contribution in [2.75, 3.05) is 33.1 Å². The molecule has 1 fully saturated rings. The third-order valence-electron chi connectivity index (χ3n) is 5.23. The Kier molecular flexibility index (Phi) is 5.41. The second-order valence-electron chi connectivity index (χ2n) is 7.24. The summed E-state index contributed by atoms with van der Waals surface area (Å²) >= 11 is 7.77. The minimum absolute atomic E-state index is 0.0889. The monoisotopic (exact) mass is 445 g/mol. The number of carbonyl (C=O) groups is 1. The molecule has 1 amide bonds. The molecular formula is C22H20ClNO5S. The van der Waals surface area contributed by atoms with E-state index >= 15 is 0 Å². The average molecular weight is 446 g/mol. The predicted molar refractivity (Wildman–Crippen MR) is 115 cm³/mol. The number of benzene rings is 2. The van der Waals surface area contributed by atoms with Gasteiger partial charge in [-0.3, -0.25) is 4.79 Å². The van der Waals surface area contributed by atoms with Gasteiger partial charge in [-0.1, -0.05) is 11.6 Å². The molecule has 2 aliphatic heterocycles. The Morgan fingerprint density at radius 3 is 3.03 bits per heavy atom. The fraction of sp³-hybridized carbons (Fsp3) is 0.318. The summed E-state index contributed by atoms with van der Waals surface area (Å²) in [5, 5.41) is 3.78. The Bertz CT molecular complexity index is 1080. The van der Waals surface area contributed by atoms with E-state index in [2.05, 4.69) is 0 Å². The van der Waals surface area contributed by atoms with Crippen LogP contribution in [0, 0.1) is 0 Å². The van der Waals surface area contributed by atoms with Gasteiger partial charge in [0.25, 0.3) is 0 Å². The lowest BCUT2D eigenvalue weighted by molar-refractivity contribution is -0.139. The zero-order valence-electron chi connectivity index (χ0n) is 16.1. The highest BCUT2D eigenvalue weighted by Gasteiger charge is 2.25. The van der Waals surface area contributed by atoms with E-state index in [9.17, 15) is 4.79 Å². The zero-order chi connectivity index (χ0) is 20.5. The third kappa shape index (κ3) is 4.05. The van der Waals surface area contributed by atoms with E-state index in [1.165, 1.54) is 0 Å². The van der Waals surface area contributed by atoms with Gasteiger partial charge in [0, 0.05) is 22.3 Å². The summed E-state index contributed by atoms with van der Waals surface area (Å²) in [6.07, 6.45) is 0.178. The maximum Gasteiger partial charge on any atom is 0.231 e. The molecule has 1 saturated heterocycles. The summed E-state index contributed by atoms with van der Waals surface area (Å²) in [4.78, 5) is 14.8. The third-order valence-corrected chi connectivity index (χ3v) is 6.48. The van der Waals surface area contributed by atoms with Crippen molar-refractivity contribution in [3.8, 4) is 17.2 Å². The van der Waals surface area contributed by atoms with Crippen molar-refractivity contribution in [2.45, 2.75) is 12.5 Å². The van der Waals surface area contributed by atoms with E-state index in [1.807, 2.05) is 40.6 Å². The molecule has 0 N–H and O–H groups in total. The summed E-state index contributed by atoms with van der Waals surface area (Å²) in [7, 11) is 0. The molecule has 2 aromatic carbocycles. The van der Waals surface area contributed by atoms with E-state index in [1.54, 1.807) is 17.4 Å². The lowest BCUT2D eigenvalue weighted by Gasteiger charge is -2.33. The lowest BCUT2D eigenvalue weighted by Crippen LogP contribution is -2.48. The normalized spacial score (nSPS) is 18.0. The van der Waals surface area contributed by atoms with Crippen molar-refractivity contribution in [1.82, 2.24) is 4.90 Å². The molecule has 3 aromatic rings. The average Bonchev–Trinajstić information content (AvgIpc) is 3.39. The van der Waals surface area contributed by atoms with Gasteiger partial charge in [-0.15, -0.1) is 11.3 Å². The number of morpholine rings is 1. The maximum atomic E-state index is 12.9. The number of rotatable bonds is 5. The van der Waals surface area contributed by atoms with Gasteiger partial charge >= 0.3 is 0 Å². The van der Waals surface area contributed by atoms with E-state index in [4.69, 9.17) is 30.5 Å². The van der Waals surface area contributed by atoms with Gasteiger partial charge in [0.05, 0.1) is 19.6 Å². The van der Waals surface area contributed by atoms with Crippen molar-refractivity contribution in [1.29, 1.82) is 0 Å². The smallest absolute Gasteiger partial charge is 0.231 e. The van der Waals surface area contributed by atoms with Crippen LogP contribution in [0.25, 0.3) is 10.1 Å². The van der Waals surface area contributed by atoms with Crippen LogP contribution in [0.3, 0.4) is 0 Å². The van der Waals surface area contributed by atoms with Crippen molar-refractivity contribution < 1.29 is 23.7 Å². The Morgan fingerprint density at radius 2 is 2.10 bits per heavy atom. The SMILES string of the molecule is O=C(Cc1csc2ccc(Cl)cc12)N1CCOC(COc2ccc3c(c2)OCO3)C1. The molecule has 1 aromatic heterocycles. The molecule has 156 valence electrons. The Balaban J connectivity index is 1.19. The van der Waals surface area contributed by atoms with Crippen LogP contribution in [0.15, 0.2) is 41.8 Å². The van der Waals surface area contributed by atoms with Gasteiger partial charge in [0.2, 0.25) is 12.7 Å². The second kappa shape index (κ2) is 8.34. The molecule has 2 aliphatic rings. The van der Waals surface area contributed by atoms with Crippen LogP contribution in [0.1, 0.15) is 5.56 Å². The number of halogens is 1. The molecule has 0 bridgehead atoms. The first kappa shape index (κ1) is 19.5. The van der Waals surface area contributed by atoms with Crippen LogP contribution in [-0.4, -0.2) is 50.0 Å². The van der Waals surface area contributed by atoms with Crippen molar-refractivity contribution in [2.24, 2.45) is 0 Å². The van der Waals surface area contributed by atoms with Gasteiger partial charge in [0.15, 0.2) is 11.5 Å². The number of amides is 1. The highest BCUT2D eigenvalue weighted by Crippen LogP contribution is 2.35. The molecular weight excluding hydrogens is 426 g/mol. The minimum Gasteiger partial charge on any atom is -0.491 e. The van der Waals surface area contributed by atoms with E-state index in [0.29, 0.717) is 49.2 Å². The molecule has 1 atom stereocenters. The summed E-state index contributed by atoms with van der Waals surface area (Å²) in [5.74, 6) is 2.17. The van der Waals surface area contributed by atoms with Crippen LogP contribution in [-0.2, 0) is 16.0 Å². The first-order chi connectivity index (χ1) is 14.7. The second-order valence-corrected chi connectivity index (χ2v) is 8.58. The highest BCUT2D eigenvalue weighted by molar-refractivity contribution is 7.17.